The topological polar surface area (TPSA) is 55.1 Å². The zero-order valence-corrected chi connectivity index (χ0v) is 5.98. The van der Waals surface area contributed by atoms with Crippen LogP contribution in [0.5, 0.6) is 0 Å². The number of nitrogens with two attached hydrogens (primary N) is 1. The van der Waals surface area contributed by atoms with E-state index in [2.05, 4.69) is 19.3 Å². The first-order valence-electron chi connectivity index (χ1n) is 3.16. The third kappa shape index (κ3) is 5.30. The summed E-state index contributed by atoms with van der Waals surface area (Å²) in [4.78, 5) is 10.5. The van der Waals surface area contributed by atoms with Crippen LogP contribution in [0, 0.1) is 5.92 Å². The van der Waals surface area contributed by atoms with Gasteiger partial charge in [0.15, 0.2) is 0 Å². The summed E-state index contributed by atoms with van der Waals surface area (Å²) in [5, 5.41) is 0. The molecule has 0 bridgehead atoms. The van der Waals surface area contributed by atoms with Crippen LogP contribution in [0.2, 0.25) is 0 Å². The Labute approximate surface area is 55.6 Å². The summed E-state index contributed by atoms with van der Waals surface area (Å²) in [5.41, 5.74) is 2.08. The molecule has 9 heavy (non-hydrogen) atoms. The molecule has 0 saturated carbocycles. The Balaban J connectivity index is 3.17. The first-order chi connectivity index (χ1) is 4.16. The highest BCUT2D eigenvalue weighted by Gasteiger charge is 1.99. The van der Waals surface area contributed by atoms with Crippen LogP contribution in [0.25, 0.3) is 0 Å². The van der Waals surface area contributed by atoms with Crippen LogP contribution < -0.4 is 11.3 Å². The van der Waals surface area contributed by atoms with Crippen molar-refractivity contribution >= 4 is 5.91 Å². The molecule has 3 N–H and O–H groups in total. The number of carbonyl (C=O) groups is 1. The Kier molecular flexibility index (Phi) is 4.05. The molecule has 0 fully saturated rings. The smallest absolute Gasteiger partial charge is 0.233 e. The van der Waals surface area contributed by atoms with Gasteiger partial charge in [0.25, 0.3) is 0 Å². The van der Waals surface area contributed by atoms with Gasteiger partial charge in [-0.05, 0) is 12.3 Å². The highest BCUT2D eigenvalue weighted by molar-refractivity contribution is 5.75. The maximum atomic E-state index is 10.5. The quantitative estimate of drug-likeness (QED) is 0.330. The van der Waals surface area contributed by atoms with E-state index in [1.165, 1.54) is 0 Å². The predicted molar refractivity (Wildman–Crippen MR) is 36.4 cm³/mol. The molecule has 3 heteroatoms. The Morgan fingerprint density at radius 2 is 2.22 bits per heavy atom. The van der Waals surface area contributed by atoms with Crippen molar-refractivity contribution in [3.05, 3.63) is 0 Å². The van der Waals surface area contributed by atoms with E-state index >= 15 is 0 Å². The van der Waals surface area contributed by atoms with Gasteiger partial charge in [-0.1, -0.05) is 13.8 Å². The Morgan fingerprint density at radius 3 is 2.56 bits per heavy atom. The van der Waals surface area contributed by atoms with Crippen molar-refractivity contribution in [1.29, 1.82) is 0 Å². The van der Waals surface area contributed by atoms with Crippen LogP contribution in [0.15, 0.2) is 0 Å². The van der Waals surface area contributed by atoms with Gasteiger partial charge in [0.1, 0.15) is 0 Å². The molecule has 0 heterocycles. The third-order valence-electron chi connectivity index (χ3n) is 1.11. The molecule has 0 unspecified atom stereocenters. The van der Waals surface area contributed by atoms with Crippen LogP contribution in [0.1, 0.15) is 26.7 Å². The summed E-state index contributed by atoms with van der Waals surface area (Å²) in [7, 11) is 0. The summed E-state index contributed by atoms with van der Waals surface area (Å²) in [6.07, 6.45) is 1.44. The number of hydrazine groups is 1. The second-order valence-electron chi connectivity index (χ2n) is 2.50. The second-order valence-corrected chi connectivity index (χ2v) is 2.50. The van der Waals surface area contributed by atoms with Crippen molar-refractivity contribution in [3.63, 3.8) is 0 Å². The molecule has 0 aromatic rings. The van der Waals surface area contributed by atoms with E-state index in [1.54, 1.807) is 0 Å². The lowest BCUT2D eigenvalue weighted by atomic mass is 10.1. The third-order valence-corrected chi connectivity index (χ3v) is 1.11. The standard InChI is InChI=1S/C6H14N2O/c1-5(2)3-4-6(9)8-7/h5H,3-4,7H2,1-2H3,(H,8,9). The summed E-state index contributed by atoms with van der Waals surface area (Å²) in [6, 6.07) is 0. The number of carbonyl (C=O) groups excluding carboxylic acids is 1. The predicted octanol–water partition coefficient (Wildman–Crippen LogP) is 0.413. The van der Waals surface area contributed by atoms with Crippen LogP contribution in [-0.4, -0.2) is 5.91 Å². The van der Waals surface area contributed by atoms with E-state index in [-0.39, 0.29) is 5.91 Å². The van der Waals surface area contributed by atoms with E-state index in [9.17, 15) is 4.79 Å². The zero-order valence-electron chi connectivity index (χ0n) is 5.98. The highest BCUT2D eigenvalue weighted by Crippen LogP contribution is 2.01. The molecule has 0 aliphatic heterocycles. The monoisotopic (exact) mass is 130 g/mol. The lowest BCUT2D eigenvalue weighted by Crippen LogP contribution is -2.29. The minimum absolute atomic E-state index is 0.0799. The fourth-order valence-electron chi connectivity index (χ4n) is 0.492. The SMILES string of the molecule is CC(C)CCC(=O)NN. The van der Waals surface area contributed by atoms with E-state index in [0.29, 0.717) is 12.3 Å². The number of nitrogens with one attached hydrogen (secondary N) is 1. The van der Waals surface area contributed by atoms with Gasteiger partial charge >= 0.3 is 0 Å². The van der Waals surface area contributed by atoms with E-state index in [4.69, 9.17) is 5.84 Å². The maximum absolute atomic E-state index is 10.5. The number of hydrogen-bond acceptors (Lipinski definition) is 2. The molecule has 0 radical (unpaired) electrons. The minimum Gasteiger partial charge on any atom is -0.294 e. The summed E-state index contributed by atoms with van der Waals surface area (Å²) in [6.45, 7) is 4.15. The summed E-state index contributed by atoms with van der Waals surface area (Å²) < 4.78 is 0. The molecule has 0 aromatic carbocycles. The van der Waals surface area contributed by atoms with E-state index in [1.807, 2.05) is 0 Å². The van der Waals surface area contributed by atoms with Crippen molar-refractivity contribution in [2.45, 2.75) is 26.7 Å². The molecular formula is C6H14N2O. The van der Waals surface area contributed by atoms with Gasteiger partial charge in [0.2, 0.25) is 5.91 Å². The van der Waals surface area contributed by atoms with Crippen molar-refractivity contribution in [1.82, 2.24) is 5.43 Å². The fourth-order valence-corrected chi connectivity index (χ4v) is 0.492. The van der Waals surface area contributed by atoms with Gasteiger partial charge in [-0.25, -0.2) is 5.84 Å². The average molecular weight is 130 g/mol. The van der Waals surface area contributed by atoms with Gasteiger partial charge in [-0.15, -0.1) is 0 Å². The molecule has 0 aromatic heterocycles. The molecule has 0 rings (SSSR count). The molecule has 3 nitrogen and oxygen atoms in total. The van der Waals surface area contributed by atoms with Crippen molar-refractivity contribution in [3.8, 4) is 0 Å². The van der Waals surface area contributed by atoms with E-state index < -0.39 is 0 Å². The Bertz CT molecular complexity index is 91.1. The van der Waals surface area contributed by atoms with Gasteiger partial charge < -0.3 is 0 Å². The van der Waals surface area contributed by atoms with Crippen LogP contribution in [0.3, 0.4) is 0 Å². The molecule has 0 aliphatic carbocycles. The van der Waals surface area contributed by atoms with Crippen LogP contribution >= 0.6 is 0 Å². The van der Waals surface area contributed by atoms with Gasteiger partial charge in [0, 0.05) is 6.42 Å². The molecule has 0 spiro atoms. The highest BCUT2D eigenvalue weighted by atomic mass is 16.2. The van der Waals surface area contributed by atoms with Crippen molar-refractivity contribution < 1.29 is 4.79 Å². The largest absolute Gasteiger partial charge is 0.294 e. The Hall–Kier alpha value is -0.570. The van der Waals surface area contributed by atoms with Gasteiger partial charge in [0.05, 0.1) is 0 Å². The minimum atomic E-state index is -0.0799. The summed E-state index contributed by atoms with van der Waals surface area (Å²) in [5.74, 6) is 5.35. The molecule has 1 amide bonds. The Morgan fingerprint density at radius 1 is 1.67 bits per heavy atom. The first-order valence-corrected chi connectivity index (χ1v) is 3.16. The lowest BCUT2D eigenvalue weighted by Gasteiger charge is -2.01. The number of amides is 1. The number of rotatable bonds is 3. The number of hydrogen-bond donors (Lipinski definition) is 2. The van der Waals surface area contributed by atoms with Crippen LogP contribution in [-0.2, 0) is 4.79 Å². The molecule has 0 aliphatic rings. The van der Waals surface area contributed by atoms with E-state index in [0.717, 1.165) is 6.42 Å². The fraction of sp³-hybridized carbons (Fsp3) is 0.833. The summed E-state index contributed by atoms with van der Waals surface area (Å²) >= 11 is 0. The second kappa shape index (κ2) is 4.32. The molecule has 0 atom stereocenters. The lowest BCUT2D eigenvalue weighted by molar-refractivity contribution is -0.121. The molecule has 0 saturated heterocycles. The van der Waals surface area contributed by atoms with Crippen LogP contribution in [0.4, 0.5) is 0 Å². The van der Waals surface area contributed by atoms with Crippen molar-refractivity contribution in [2.75, 3.05) is 0 Å². The van der Waals surface area contributed by atoms with Gasteiger partial charge in [-0.3, -0.25) is 10.2 Å². The zero-order chi connectivity index (χ0) is 7.28. The first kappa shape index (κ1) is 8.43. The van der Waals surface area contributed by atoms with Gasteiger partial charge in [-0.2, -0.15) is 0 Å². The molecule has 54 valence electrons. The maximum Gasteiger partial charge on any atom is 0.233 e. The molecular weight excluding hydrogens is 116 g/mol. The van der Waals surface area contributed by atoms with Crippen molar-refractivity contribution in [2.24, 2.45) is 11.8 Å². The normalized spacial score (nSPS) is 9.78. The average Bonchev–Trinajstić information content (AvgIpc) is 1.83.